The number of amides is 1. The Bertz CT molecular complexity index is 897. The molecule has 0 saturated heterocycles. The van der Waals surface area contributed by atoms with E-state index in [0.29, 0.717) is 23.5 Å². The summed E-state index contributed by atoms with van der Waals surface area (Å²) >= 11 is 0. The van der Waals surface area contributed by atoms with Crippen molar-refractivity contribution in [1.82, 2.24) is 24.3 Å². The predicted octanol–water partition coefficient (Wildman–Crippen LogP) is 0.638. The average Bonchev–Trinajstić information content (AvgIpc) is 2.97. The highest BCUT2D eigenvalue weighted by Crippen LogP contribution is 2.19. The normalized spacial score (nSPS) is 13.0. The van der Waals surface area contributed by atoms with Crippen LogP contribution in [0.15, 0.2) is 11.1 Å². The van der Waals surface area contributed by atoms with Crippen LogP contribution in [0.25, 0.3) is 0 Å². The first kappa shape index (κ1) is 19.1. The maximum atomic E-state index is 12.6. The first-order chi connectivity index (χ1) is 11.6. The van der Waals surface area contributed by atoms with Crippen molar-refractivity contribution >= 4 is 21.6 Å². The lowest BCUT2D eigenvalue weighted by Gasteiger charge is -2.14. The predicted molar refractivity (Wildman–Crippen MR) is 93.7 cm³/mol. The van der Waals surface area contributed by atoms with Gasteiger partial charge in [0.1, 0.15) is 4.90 Å². The van der Waals surface area contributed by atoms with Crippen molar-refractivity contribution in [2.24, 2.45) is 14.1 Å². The number of hydrogen-bond acceptors (Lipinski definition) is 5. The number of carbonyl (C=O) groups excluding carboxylic acids is 1. The number of hydrogen-bond donors (Lipinski definition) is 2. The molecule has 2 heterocycles. The van der Waals surface area contributed by atoms with Gasteiger partial charge in [-0.15, -0.1) is 0 Å². The van der Waals surface area contributed by atoms with E-state index in [1.54, 1.807) is 38.8 Å². The van der Waals surface area contributed by atoms with Crippen molar-refractivity contribution in [3.05, 3.63) is 23.3 Å². The van der Waals surface area contributed by atoms with E-state index < -0.39 is 22.0 Å². The van der Waals surface area contributed by atoms with Gasteiger partial charge in [-0.1, -0.05) is 6.92 Å². The standard InChI is InChI=1S/C15H24N6O3S/c1-7-12-13(8-20(5)18-12)16-15(22)10(3)19-25(23,24)14-9(2)17-21(6)11(14)4/h8,10,19H,7H2,1-6H3,(H,16,22). The Balaban J connectivity index is 2.17. The van der Waals surface area contributed by atoms with Crippen molar-refractivity contribution in [3.8, 4) is 0 Å². The fourth-order valence-electron chi connectivity index (χ4n) is 2.63. The minimum absolute atomic E-state index is 0.102. The third-order valence-corrected chi connectivity index (χ3v) is 5.73. The first-order valence-electron chi connectivity index (χ1n) is 7.92. The van der Waals surface area contributed by atoms with Crippen LogP contribution in [-0.2, 0) is 35.3 Å². The van der Waals surface area contributed by atoms with E-state index >= 15 is 0 Å². The summed E-state index contributed by atoms with van der Waals surface area (Å²) in [6.07, 6.45) is 2.35. The van der Waals surface area contributed by atoms with Crippen molar-refractivity contribution in [2.75, 3.05) is 5.32 Å². The molecule has 1 atom stereocenters. The highest BCUT2D eigenvalue weighted by molar-refractivity contribution is 7.89. The van der Waals surface area contributed by atoms with Crippen LogP contribution in [0.3, 0.4) is 0 Å². The van der Waals surface area contributed by atoms with Gasteiger partial charge in [-0.05, 0) is 27.2 Å². The van der Waals surface area contributed by atoms with E-state index in [4.69, 9.17) is 0 Å². The minimum atomic E-state index is -3.86. The van der Waals surface area contributed by atoms with Gasteiger partial charge >= 0.3 is 0 Å². The molecule has 2 aromatic heterocycles. The molecule has 0 aliphatic carbocycles. The van der Waals surface area contributed by atoms with Crippen LogP contribution in [0.1, 0.15) is 30.9 Å². The van der Waals surface area contributed by atoms with Gasteiger partial charge in [0, 0.05) is 20.3 Å². The fourth-order valence-corrected chi connectivity index (χ4v) is 4.27. The molecule has 0 aliphatic rings. The smallest absolute Gasteiger partial charge is 0.244 e. The van der Waals surface area contributed by atoms with E-state index in [-0.39, 0.29) is 4.90 Å². The molecule has 10 heteroatoms. The monoisotopic (exact) mass is 368 g/mol. The van der Waals surface area contributed by atoms with Crippen LogP contribution >= 0.6 is 0 Å². The molecule has 0 aromatic carbocycles. The van der Waals surface area contributed by atoms with Crippen molar-refractivity contribution in [1.29, 1.82) is 0 Å². The number of sulfonamides is 1. The molecule has 0 radical (unpaired) electrons. The van der Waals surface area contributed by atoms with Gasteiger partial charge in [0.2, 0.25) is 15.9 Å². The Hall–Kier alpha value is -2.20. The van der Waals surface area contributed by atoms with Gasteiger partial charge < -0.3 is 5.32 Å². The third kappa shape index (κ3) is 3.90. The van der Waals surface area contributed by atoms with Gasteiger partial charge in [-0.25, -0.2) is 8.42 Å². The Morgan fingerprint density at radius 3 is 2.44 bits per heavy atom. The number of nitrogens with one attached hydrogen (secondary N) is 2. The summed E-state index contributed by atoms with van der Waals surface area (Å²) in [6.45, 7) is 6.71. The SMILES string of the molecule is CCc1nn(C)cc1NC(=O)C(C)NS(=O)(=O)c1c(C)nn(C)c1C. The second-order valence-corrected chi connectivity index (χ2v) is 7.62. The second-order valence-electron chi connectivity index (χ2n) is 5.97. The third-order valence-electron chi connectivity index (χ3n) is 3.93. The van der Waals surface area contributed by atoms with E-state index in [1.165, 1.54) is 11.6 Å². The molecule has 1 unspecified atom stereocenters. The van der Waals surface area contributed by atoms with Gasteiger partial charge in [0.15, 0.2) is 0 Å². The summed E-state index contributed by atoms with van der Waals surface area (Å²) in [7, 11) is -0.431. The Morgan fingerprint density at radius 1 is 1.28 bits per heavy atom. The molecule has 0 spiro atoms. The Labute approximate surface area is 147 Å². The van der Waals surface area contributed by atoms with Gasteiger partial charge in [0.25, 0.3) is 0 Å². The molecule has 0 saturated carbocycles. The topological polar surface area (TPSA) is 111 Å². The van der Waals surface area contributed by atoms with E-state index in [2.05, 4.69) is 20.2 Å². The van der Waals surface area contributed by atoms with Crippen LogP contribution in [0, 0.1) is 13.8 Å². The highest BCUT2D eigenvalue weighted by atomic mass is 32.2. The molecule has 0 fully saturated rings. The number of nitrogens with zero attached hydrogens (tertiary/aromatic N) is 4. The molecule has 138 valence electrons. The van der Waals surface area contributed by atoms with Gasteiger partial charge in [-0.3, -0.25) is 14.2 Å². The molecule has 0 aliphatic heterocycles. The maximum Gasteiger partial charge on any atom is 0.244 e. The van der Waals surface area contributed by atoms with Crippen LogP contribution in [0.5, 0.6) is 0 Å². The molecular formula is C15H24N6O3S. The number of carbonyl (C=O) groups is 1. The number of rotatable bonds is 6. The van der Waals surface area contributed by atoms with Crippen LogP contribution in [0.4, 0.5) is 5.69 Å². The minimum Gasteiger partial charge on any atom is -0.322 e. The maximum absolute atomic E-state index is 12.6. The summed E-state index contributed by atoms with van der Waals surface area (Å²) in [5, 5.41) is 11.1. The zero-order valence-corrected chi connectivity index (χ0v) is 16.1. The highest BCUT2D eigenvalue weighted by Gasteiger charge is 2.28. The molecule has 0 bridgehead atoms. The lowest BCUT2D eigenvalue weighted by molar-refractivity contribution is -0.117. The summed E-state index contributed by atoms with van der Waals surface area (Å²) < 4.78 is 30.8. The lowest BCUT2D eigenvalue weighted by atomic mass is 10.2. The summed E-state index contributed by atoms with van der Waals surface area (Å²) in [4.78, 5) is 12.5. The van der Waals surface area contributed by atoms with Gasteiger partial charge in [0.05, 0.1) is 28.8 Å². The van der Waals surface area contributed by atoms with E-state index in [1.807, 2.05) is 6.92 Å². The van der Waals surface area contributed by atoms with Gasteiger partial charge in [-0.2, -0.15) is 14.9 Å². The lowest BCUT2D eigenvalue weighted by Crippen LogP contribution is -2.41. The quantitative estimate of drug-likeness (QED) is 0.777. The van der Waals surface area contributed by atoms with Crippen LogP contribution in [-0.4, -0.2) is 39.9 Å². The van der Waals surface area contributed by atoms with Crippen LogP contribution in [0.2, 0.25) is 0 Å². The zero-order valence-electron chi connectivity index (χ0n) is 15.3. The Morgan fingerprint density at radius 2 is 1.92 bits per heavy atom. The number of aryl methyl sites for hydroxylation is 4. The molecule has 1 amide bonds. The summed E-state index contributed by atoms with van der Waals surface area (Å²) in [6, 6.07) is -0.950. The first-order valence-corrected chi connectivity index (χ1v) is 9.41. The molecular weight excluding hydrogens is 344 g/mol. The largest absolute Gasteiger partial charge is 0.322 e. The van der Waals surface area contributed by atoms with Crippen LogP contribution < -0.4 is 10.0 Å². The summed E-state index contributed by atoms with van der Waals surface area (Å²) in [5.74, 6) is -0.453. The number of anilines is 1. The van der Waals surface area contributed by atoms with Crippen molar-refractivity contribution < 1.29 is 13.2 Å². The number of aromatic nitrogens is 4. The molecule has 9 nitrogen and oxygen atoms in total. The average molecular weight is 368 g/mol. The van der Waals surface area contributed by atoms with E-state index in [9.17, 15) is 13.2 Å². The molecule has 2 aromatic rings. The zero-order chi connectivity index (χ0) is 18.9. The van der Waals surface area contributed by atoms with E-state index in [0.717, 1.165) is 5.69 Å². The second kappa shape index (κ2) is 6.96. The Kier molecular flexibility index (Phi) is 5.33. The molecule has 2 rings (SSSR count). The summed E-state index contributed by atoms with van der Waals surface area (Å²) in [5.41, 5.74) is 2.22. The van der Waals surface area contributed by atoms with Crippen molar-refractivity contribution in [2.45, 2.75) is 45.1 Å². The molecule has 2 N–H and O–H groups in total. The van der Waals surface area contributed by atoms with Crippen molar-refractivity contribution in [3.63, 3.8) is 0 Å². The fraction of sp³-hybridized carbons (Fsp3) is 0.533. The molecule has 25 heavy (non-hydrogen) atoms.